The van der Waals surface area contributed by atoms with Crippen LogP contribution in [0.15, 0.2) is 42.5 Å². The molecule has 0 saturated carbocycles. The summed E-state index contributed by atoms with van der Waals surface area (Å²) in [4.78, 5) is 12.0. The number of nitrogens with one attached hydrogen (secondary N) is 1. The van der Waals surface area contributed by atoms with E-state index in [-0.39, 0.29) is 11.7 Å². The first-order chi connectivity index (χ1) is 10.1. The van der Waals surface area contributed by atoms with E-state index in [1.54, 1.807) is 43.3 Å². The number of hydrogen-bond acceptors (Lipinski definition) is 2. The molecule has 1 amide bonds. The molecule has 4 heteroatoms. The largest absolute Gasteiger partial charge is 0.322 e. The standard InChI is InChI=1S/C17H15FN2O/c1-12-4-9-15(11-16(12)18)20-17(21)14-7-5-13(6-8-14)3-2-10-19/h4-9,11H,10,19H2,1H3,(H,20,21). The van der Waals surface area contributed by atoms with Crippen molar-refractivity contribution >= 4 is 11.6 Å². The van der Waals surface area contributed by atoms with Gasteiger partial charge in [0.15, 0.2) is 0 Å². The third-order valence-electron chi connectivity index (χ3n) is 2.91. The van der Waals surface area contributed by atoms with Crippen LogP contribution in [0.5, 0.6) is 0 Å². The summed E-state index contributed by atoms with van der Waals surface area (Å²) < 4.78 is 13.4. The van der Waals surface area contributed by atoms with E-state index in [4.69, 9.17) is 5.73 Å². The molecule has 2 aromatic carbocycles. The molecule has 0 aliphatic heterocycles. The van der Waals surface area contributed by atoms with Crippen LogP contribution < -0.4 is 11.1 Å². The second-order valence-electron chi connectivity index (χ2n) is 4.50. The molecule has 0 fully saturated rings. The highest BCUT2D eigenvalue weighted by Gasteiger charge is 2.07. The van der Waals surface area contributed by atoms with Gasteiger partial charge in [-0.1, -0.05) is 17.9 Å². The minimum Gasteiger partial charge on any atom is -0.322 e. The molecule has 0 saturated heterocycles. The lowest BCUT2D eigenvalue weighted by atomic mass is 10.1. The summed E-state index contributed by atoms with van der Waals surface area (Å²) in [6.07, 6.45) is 0. The quantitative estimate of drug-likeness (QED) is 0.832. The summed E-state index contributed by atoms with van der Waals surface area (Å²) in [5.74, 6) is 4.98. The Morgan fingerprint density at radius 2 is 1.95 bits per heavy atom. The van der Waals surface area contributed by atoms with Gasteiger partial charge >= 0.3 is 0 Å². The van der Waals surface area contributed by atoms with Crippen LogP contribution in [-0.2, 0) is 0 Å². The summed E-state index contributed by atoms with van der Waals surface area (Å²) >= 11 is 0. The Morgan fingerprint density at radius 1 is 1.24 bits per heavy atom. The third-order valence-corrected chi connectivity index (χ3v) is 2.91. The Kier molecular flexibility index (Phi) is 4.70. The molecule has 0 aliphatic rings. The van der Waals surface area contributed by atoms with Crippen molar-refractivity contribution in [2.75, 3.05) is 11.9 Å². The lowest BCUT2D eigenvalue weighted by Gasteiger charge is -2.06. The van der Waals surface area contributed by atoms with E-state index < -0.39 is 0 Å². The van der Waals surface area contributed by atoms with Crippen molar-refractivity contribution in [3.63, 3.8) is 0 Å². The molecule has 3 N–H and O–H groups in total. The Balaban J connectivity index is 2.11. The van der Waals surface area contributed by atoms with Gasteiger partial charge in [0.25, 0.3) is 5.91 Å². The average Bonchev–Trinajstić information content (AvgIpc) is 2.49. The SMILES string of the molecule is Cc1ccc(NC(=O)c2ccc(C#CCN)cc2)cc1F. The van der Waals surface area contributed by atoms with Gasteiger partial charge in [0.05, 0.1) is 6.54 Å². The molecule has 106 valence electrons. The molecular weight excluding hydrogens is 267 g/mol. The van der Waals surface area contributed by atoms with E-state index in [2.05, 4.69) is 17.2 Å². The van der Waals surface area contributed by atoms with Gasteiger partial charge in [0, 0.05) is 16.8 Å². The van der Waals surface area contributed by atoms with Crippen molar-refractivity contribution < 1.29 is 9.18 Å². The van der Waals surface area contributed by atoms with E-state index in [0.717, 1.165) is 5.56 Å². The minimum atomic E-state index is -0.347. The van der Waals surface area contributed by atoms with E-state index in [1.807, 2.05) is 0 Å². The summed E-state index contributed by atoms with van der Waals surface area (Å²) in [7, 11) is 0. The summed E-state index contributed by atoms with van der Waals surface area (Å²) in [5, 5.41) is 2.65. The highest BCUT2D eigenvalue weighted by atomic mass is 19.1. The zero-order chi connectivity index (χ0) is 15.2. The number of benzene rings is 2. The summed E-state index contributed by atoms with van der Waals surface area (Å²) in [6.45, 7) is 1.96. The van der Waals surface area contributed by atoms with Crippen molar-refractivity contribution in [1.29, 1.82) is 0 Å². The normalized spacial score (nSPS) is 9.67. The number of rotatable bonds is 2. The highest BCUT2D eigenvalue weighted by Crippen LogP contribution is 2.15. The molecule has 3 nitrogen and oxygen atoms in total. The highest BCUT2D eigenvalue weighted by molar-refractivity contribution is 6.04. The molecule has 0 spiro atoms. The molecule has 2 aromatic rings. The van der Waals surface area contributed by atoms with Gasteiger partial charge in [0.2, 0.25) is 0 Å². The number of halogens is 1. The maximum Gasteiger partial charge on any atom is 0.255 e. The van der Waals surface area contributed by atoms with Crippen LogP contribution in [0.25, 0.3) is 0 Å². The van der Waals surface area contributed by atoms with Gasteiger partial charge in [-0.25, -0.2) is 4.39 Å². The van der Waals surface area contributed by atoms with Crippen LogP contribution in [0, 0.1) is 24.6 Å². The lowest BCUT2D eigenvalue weighted by Crippen LogP contribution is -2.12. The second-order valence-corrected chi connectivity index (χ2v) is 4.50. The number of amides is 1. The summed E-state index contributed by atoms with van der Waals surface area (Å²) in [5.41, 5.74) is 7.53. The first kappa shape index (κ1) is 14.8. The van der Waals surface area contributed by atoms with Crippen molar-refractivity contribution in [2.45, 2.75) is 6.92 Å². The zero-order valence-corrected chi connectivity index (χ0v) is 11.6. The van der Waals surface area contributed by atoms with Gasteiger partial charge in [0.1, 0.15) is 5.82 Å². The predicted octanol–water partition coefficient (Wildman–Crippen LogP) is 2.70. The number of carbonyl (C=O) groups is 1. The first-order valence-corrected chi connectivity index (χ1v) is 6.46. The Labute approximate surface area is 123 Å². The molecule has 0 aromatic heterocycles. The fraction of sp³-hybridized carbons (Fsp3) is 0.118. The molecule has 21 heavy (non-hydrogen) atoms. The lowest BCUT2D eigenvalue weighted by molar-refractivity contribution is 0.102. The Morgan fingerprint density at radius 3 is 2.57 bits per heavy atom. The number of anilines is 1. The van der Waals surface area contributed by atoms with Crippen molar-refractivity contribution in [3.8, 4) is 11.8 Å². The molecule has 0 unspecified atom stereocenters. The predicted molar refractivity (Wildman–Crippen MR) is 81.5 cm³/mol. The van der Waals surface area contributed by atoms with E-state index >= 15 is 0 Å². The van der Waals surface area contributed by atoms with Crippen LogP contribution in [0.4, 0.5) is 10.1 Å². The zero-order valence-electron chi connectivity index (χ0n) is 11.6. The van der Waals surface area contributed by atoms with Crippen molar-refractivity contribution in [2.24, 2.45) is 5.73 Å². The molecule has 2 rings (SSSR count). The fourth-order valence-electron chi connectivity index (χ4n) is 1.73. The minimum absolute atomic E-state index is 0.293. The molecule has 0 atom stereocenters. The van der Waals surface area contributed by atoms with Gasteiger partial charge < -0.3 is 11.1 Å². The van der Waals surface area contributed by atoms with Gasteiger partial charge in [-0.2, -0.15) is 0 Å². The summed E-state index contributed by atoms with van der Waals surface area (Å²) in [6, 6.07) is 11.4. The Hall–Kier alpha value is -2.64. The topological polar surface area (TPSA) is 55.1 Å². The number of carbonyl (C=O) groups excluding carboxylic acids is 1. The third kappa shape index (κ3) is 3.91. The smallest absolute Gasteiger partial charge is 0.255 e. The molecule has 0 heterocycles. The molecule has 0 bridgehead atoms. The van der Waals surface area contributed by atoms with Crippen molar-refractivity contribution in [1.82, 2.24) is 0 Å². The number of hydrogen-bond donors (Lipinski definition) is 2. The molecule has 0 radical (unpaired) electrons. The average molecular weight is 282 g/mol. The van der Waals surface area contributed by atoms with E-state index in [1.165, 1.54) is 6.07 Å². The first-order valence-electron chi connectivity index (χ1n) is 6.46. The monoisotopic (exact) mass is 282 g/mol. The molecule has 0 aliphatic carbocycles. The second kappa shape index (κ2) is 6.69. The molecular formula is C17H15FN2O. The maximum atomic E-state index is 13.4. The van der Waals surface area contributed by atoms with Crippen LogP contribution in [-0.4, -0.2) is 12.5 Å². The number of aryl methyl sites for hydroxylation is 1. The van der Waals surface area contributed by atoms with E-state index in [0.29, 0.717) is 23.4 Å². The number of nitrogens with two attached hydrogens (primary N) is 1. The maximum absolute atomic E-state index is 13.4. The van der Waals surface area contributed by atoms with Crippen molar-refractivity contribution in [3.05, 3.63) is 65.0 Å². The van der Waals surface area contributed by atoms with E-state index in [9.17, 15) is 9.18 Å². The van der Waals surface area contributed by atoms with Crippen LogP contribution in [0.3, 0.4) is 0 Å². The van der Waals surface area contributed by atoms with Gasteiger partial charge in [-0.05, 0) is 48.9 Å². The Bertz CT molecular complexity index is 712. The van der Waals surface area contributed by atoms with Gasteiger partial charge in [-0.3, -0.25) is 4.79 Å². The fourth-order valence-corrected chi connectivity index (χ4v) is 1.73. The van der Waals surface area contributed by atoms with Crippen LogP contribution >= 0.6 is 0 Å². The van der Waals surface area contributed by atoms with Crippen LogP contribution in [0.1, 0.15) is 21.5 Å². The van der Waals surface area contributed by atoms with Gasteiger partial charge in [-0.15, -0.1) is 0 Å². The van der Waals surface area contributed by atoms with Crippen LogP contribution in [0.2, 0.25) is 0 Å².